The van der Waals surface area contributed by atoms with E-state index in [0.29, 0.717) is 42.1 Å². The second-order valence-corrected chi connectivity index (χ2v) is 8.94. The molecule has 0 amide bonds. The molecule has 7 heteroatoms. The minimum Gasteiger partial charge on any atom is -0.481 e. The molecule has 0 aliphatic carbocycles. The summed E-state index contributed by atoms with van der Waals surface area (Å²) in [5, 5.41) is 9.20. The van der Waals surface area contributed by atoms with Gasteiger partial charge in [0.1, 0.15) is 6.17 Å². The van der Waals surface area contributed by atoms with Crippen LogP contribution >= 0.6 is 0 Å². The Labute approximate surface area is 186 Å². The van der Waals surface area contributed by atoms with Crippen molar-refractivity contribution in [1.29, 1.82) is 0 Å². The number of carbonyl (C=O) groups is 1. The first-order chi connectivity index (χ1) is 15.0. The predicted octanol–water partition coefficient (Wildman–Crippen LogP) is 6.52. The molecule has 0 aromatic heterocycles. The summed E-state index contributed by atoms with van der Waals surface area (Å²) in [7, 11) is 0. The maximum absolute atomic E-state index is 14.0. The van der Waals surface area contributed by atoms with E-state index in [9.17, 15) is 27.5 Å². The lowest BCUT2D eigenvalue weighted by Crippen LogP contribution is -2.28. The molecule has 1 aliphatic rings. The second-order valence-electron chi connectivity index (χ2n) is 8.94. The molecular formula is C25H29F4NO2. The van der Waals surface area contributed by atoms with Crippen LogP contribution in [0, 0.1) is 5.92 Å². The van der Waals surface area contributed by atoms with Crippen molar-refractivity contribution in [1.82, 2.24) is 4.90 Å². The van der Waals surface area contributed by atoms with Gasteiger partial charge < -0.3 is 5.11 Å². The monoisotopic (exact) mass is 451 g/mol. The third-order valence-electron chi connectivity index (χ3n) is 5.98. The largest absolute Gasteiger partial charge is 0.481 e. The van der Waals surface area contributed by atoms with Crippen LogP contribution in [0.2, 0.25) is 0 Å². The van der Waals surface area contributed by atoms with Gasteiger partial charge in [-0.15, -0.1) is 0 Å². The van der Waals surface area contributed by atoms with Crippen molar-refractivity contribution in [3.63, 3.8) is 0 Å². The molecule has 2 aromatic carbocycles. The Bertz CT molecular complexity index is 925. The average molecular weight is 452 g/mol. The first-order valence-corrected chi connectivity index (χ1v) is 10.9. The summed E-state index contributed by atoms with van der Waals surface area (Å²) in [6.07, 6.45) is -3.33. The van der Waals surface area contributed by atoms with Crippen molar-refractivity contribution >= 4 is 5.97 Å². The number of likely N-dealkylation sites (tertiary alicyclic amines) is 1. The van der Waals surface area contributed by atoms with Crippen LogP contribution in [-0.2, 0) is 17.4 Å². The van der Waals surface area contributed by atoms with E-state index >= 15 is 0 Å². The maximum atomic E-state index is 14.0. The summed E-state index contributed by atoms with van der Waals surface area (Å²) in [6, 6.07) is 10.2. The number of alkyl halides is 4. The molecule has 32 heavy (non-hydrogen) atoms. The fraction of sp³-hybridized carbons (Fsp3) is 0.480. The molecule has 3 nitrogen and oxygen atoms in total. The van der Waals surface area contributed by atoms with Crippen LogP contribution < -0.4 is 0 Å². The zero-order chi connectivity index (χ0) is 23.5. The van der Waals surface area contributed by atoms with E-state index in [1.807, 2.05) is 6.07 Å². The third-order valence-corrected chi connectivity index (χ3v) is 5.98. The van der Waals surface area contributed by atoms with Gasteiger partial charge in [0.2, 0.25) is 0 Å². The predicted molar refractivity (Wildman–Crippen MR) is 116 cm³/mol. The molecule has 0 bridgehead atoms. The van der Waals surface area contributed by atoms with Gasteiger partial charge in [0.15, 0.2) is 0 Å². The molecule has 0 saturated carbocycles. The average Bonchev–Trinajstić information content (AvgIpc) is 3.13. The van der Waals surface area contributed by atoms with Crippen LogP contribution in [0.3, 0.4) is 0 Å². The molecule has 2 aromatic rings. The minimum absolute atomic E-state index is 0.0886. The quantitative estimate of drug-likeness (QED) is 0.465. The summed E-state index contributed by atoms with van der Waals surface area (Å²) in [5.41, 5.74) is 2.03. The lowest BCUT2D eigenvalue weighted by Gasteiger charge is -2.31. The zero-order valence-electron chi connectivity index (χ0n) is 18.3. The molecule has 1 aliphatic heterocycles. The van der Waals surface area contributed by atoms with Gasteiger partial charge in [-0.3, -0.25) is 9.69 Å². The van der Waals surface area contributed by atoms with Gasteiger partial charge in [-0.05, 0) is 59.6 Å². The summed E-state index contributed by atoms with van der Waals surface area (Å²) < 4.78 is 53.2. The standard InChI is InChI=1S/C25H29F4NO2/c1-16(2)3-10-23(30-12-11-20(26)15-30)21-9-4-17(14-24(31)32)13-22(21)18-5-7-19(8-6-18)25(27,28)29/h4-9,13,16,20,23H,3,10-12,14-15H2,1-2H3,(H,31,32)/t20-,23?/m0/s1. The first-order valence-electron chi connectivity index (χ1n) is 10.9. The van der Waals surface area contributed by atoms with Gasteiger partial charge in [-0.2, -0.15) is 13.2 Å². The van der Waals surface area contributed by atoms with E-state index in [4.69, 9.17) is 0 Å². The topological polar surface area (TPSA) is 40.5 Å². The number of halogens is 4. The van der Waals surface area contributed by atoms with Gasteiger partial charge in [0.05, 0.1) is 12.0 Å². The highest BCUT2D eigenvalue weighted by atomic mass is 19.4. The molecule has 1 heterocycles. The van der Waals surface area contributed by atoms with Gasteiger partial charge in [-0.1, -0.05) is 44.2 Å². The van der Waals surface area contributed by atoms with E-state index < -0.39 is 23.9 Å². The highest BCUT2D eigenvalue weighted by Gasteiger charge is 2.32. The Kier molecular flexibility index (Phi) is 7.59. The van der Waals surface area contributed by atoms with Crippen LogP contribution in [0.15, 0.2) is 42.5 Å². The van der Waals surface area contributed by atoms with Gasteiger partial charge in [-0.25, -0.2) is 4.39 Å². The minimum atomic E-state index is -4.43. The SMILES string of the molecule is CC(C)CCC(c1ccc(CC(=O)O)cc1-c1ccc(C(F)(F)F)cc1)N1CC[C@H](F)C1. The normalized spacial score (nSPS) is 18.3. The summed E-state index contributed by atoms with van der Waals surface area (Å²) >= 11 is 0. The number of hydrogen-bond donors (Lipinski definition) is 1. The number of carboxylic acid groups (broad SMARTS) is 1. The number of carboxylic acids is 1. The Balaban J connectivity index is 2.06. The molecule has 1 N–H and O–H groups in total. The molecule has 0 radical (unpaired) electrons. The van der Waals surface area contributed by atoms with Crippen molar-refractivity contribution in [2.75, 3.05) is 13.1 Å². The van der Waals surface area contributed by atoms with Crippen molar-refractivity contribution in [2.45, 2.75) is 57.9 Å². The molecule has 3 rings (SSSR count). The lowest BCUT2D eigenvalue weighted by molar-refractivity contribution is -0.138. The van der Waals surface area contributed by atoms with Crippen LogP contribution in [0.25, 0.3) is 11.1 Å². The van der Waals surface area contributed by atoms with Crippen molar-refractivity contribution < 1.29 is 27.5 Å². The molecular weight excluding hydrogens is 422 g/mol. The van der Waals surface area contributed by atoms with Crippen molar-refractivity contribution in [3.05, 3.63) is 59.2 Å². The van der Waals surface area contributed by atoms with Crippen LogP contribution in [0.5, 0.6) is 0 Å². The lowest BCUT2D eigenvalue weighted by atomic mass is 9.88. The molecule has 0 spiro atoms. The molecule has 1 saturated heterocycles. The maximum Gasteiger partial charge on any atom is 0.416 e. The Morgan fingerprint density at radius 1 is 1.12 bits per heavy atom. The second kappa shape index (κ2) is 10.0. The van der Waals surface area contributed by atoms with Gasteiger partial charge in [0, 0.05) is 19.1 Å². The van der Waals surface area contributed by atoms with E-state index in [1.165, 1.54) is 12.1 Å². The summed E-state index contributed by atoms with van der Waals surface area (Å²) in [4.78, 5) is 13.3. The Morgan fingerprint density at radius 2 is 1.81 bits per heavy atom. The van der Waals surface area contributed by atoms with Crippen molar-refractivity contribution in [3.8, 4) is 11.1 Å². The number of aliphatic carboxylic acids is 1. The number of benzene rings is 2. The summed E-state index contributed by atoms with van der Waals surface area (Å²) in [6.45, 7) is 5.18. The summed E-state index contributed by atoms with van der Waals surface area (Å²) in [5.74, 6) is -0.533. The Morgan fingerprint density at radius 3 is 2.34 bits per heavy atom. The van der Waals surface area contributed by atoms with Crippen LogP contribution in [0.1, 0.15) is 55.8 Å². The van der Waals surface area contributed by atoms with E-state index in [-0.39, 0.29) is 12.5 Å². The number of hydrogen-bond acceptors (Lipinski definition) is 2. The smallest absolute Gasteiger partial charge is 0.416 e. The highest BCUT2D eigenvalue weighted by Crippen LogP contribution is 2.39. The van der Waals surface area contributed by atoms with Gasteiger partial charge in [0.25, 0.3) is 0 Å². The Hall–Kier alpha value is -2.41. The van der Waals surface area contributed by atoms with E-state index in [0.717, 1.165) is 30.5 Å². The molecule has 1 fully saturated rings. The fourth-order valence-corrected chi connectivity index (χ4v) is 4.32. The van der Waals surface area contributed by atoms with Gasteiger partial charge >= 0.3 is 12.1 Å². The fourth-order valence-electron chi connectivity index (χ4n) is 4.32. The van der Waals surface area contributed by atoms with Crippen molar-refractivity contribution in [2.24, 2.45) is 5.92 Å². The highest BCUT2D eigenvalue weighted by molar-refractivity contribution is 5.74. The third kappa shape index (κ3) is 6.09. The molecule has 174 valence electrons. The van der Waals surface area contributed by atoms with E-state index in [1.54, 1.807) is 12.1 Å². The number of rotatable bonds is 8. The molecule has 1 unspecified atom stereocenters. The number of nitrogens with zero attached hydrogens (tertiary/aromatic N) is 1. The first kappa shape index (κ1) is 24.2. The molecule has 2 atom stereocenters. The van der Waals surface area contributed by atoms with Crippen LogP contribution in [-0.4, -0.2) is 35.2 Å². The van der Waals surface area contributed by atoms with E-state index in [2.05, 4.69) is 18.7 Å². The zero-order valence-corrected chi connectivity index (χ0v) is 18.3. The van der Waals surface area contributed by atoms with Crippen LogP contribution in [0.4, 0.5) is 17.6 Å².